The van der Waals surface area contributed by atoms with Gasteiger partial charge in [-0.15, -0.1) is 11.8 Å². The highest BCUT2D eigenvalue weighted by molar-refractivity contribution is 8.00. The minimum atomic E-state index is -1.20. The van der Waals surface area contributed by atoms with Crippen LogP contribution in [0.2, 0.25) is 10.0 Å². The summed E-state index contributed by atoms with van der Waals surface area (Å²) in [6, 6.07) is 8.30. The summed E-state index contributed by atoms with van der Waals surface area (Å²) in [5, 5.41) is 15.6. The van der Waals surface area contributed by atoms with Gasteiger partial charge < -0.3 is 20.6 Å². The number of carbonyl (C=O) groups is 4. The molecule has 10 nitrogen and oxygen atoms in total. The summed E-state index contributed by atoms with van der Waals surface area (Å²) < 4.78 is 0. The Labute approximate surface area is 262 Å². The summed E-state index contributed by atoms with van der Waals surface area (Å²) in [5.41, 5.74) is 1.18. The van der Waals surface area contributed by atoms with E-state index in [-0.39, 0.29) is 45.6 Å². The Kier molecular flexibility index (Phi) is 9.84. The van der Waals surface area contributed by atoms with Crippen molar-refractivity contribution in [2.24, 2.45) is 5.92 Å². The van der Waals surface area contributed by atoms with Crippen molar-refractivity contribution in [3.8, 4) is 0 Å². The average Bonchev–Trinajstić information content (AvgIpc) is 3.01. The van der Waals surface area contributed by atoms with E-state index in [2.05, 4.69) is 20.6 Å². The number of aromatic nitrogens is 2. The first kappa shape index (κ1) is 30.8. The van der Waals surface area contributed by atoms with Gasteiger partial charge in [0, 0.05) is 47.8 Å². The number of nitrogens with one attached hydrogen (secondary N) is 2. The monoisotopic (exact) mass is 641 g/mol. The van der Waals surface area contributed by atoms with E-state index in [4.69, 9.17) is 23.2 Å². The molecular weight excluding hydrogens is 613 g/mol. The summed E-state index contributed by atoms with van der Waals surface area (Å²) >= 11 is 13.5. The molecule has 4 heterocycles. The zero-order valence-electron chi connectivity index (χ0n) is 22.9. The number of nitrogens with zero attached hydrogens (tertiary/aromatic N) is 3. The molecule has 2 saturated heterocycles. The van der Waals surface area contributed by atoms with Crippen LogP contribution in [0.5, 0.6) is 0 Å². The molecule has 2 atom stereocenters. The molecule has 2 bridgehead atoms. The molecule has 3 N–H and O–H groups in total. The number of carboxylic acid groups (broad SMARTS) is 1. The molecule has 3 amide bonds. The fourth-order valence-corrected chi connectivity index (χ4v) is 7.03. The van der Waals surface area contributed by atoms with Crippen molar-refractivity contribution in [1.29, 1.82) is 0 Å². The molecule has 0 spiro atoms. The van der Waals surface area contributed by atoms with Gasteiger partial charge in [0.15, 0.2) is 0 Å². The molecule has 13 heteroatoms. The highest BCUT2D eigenvalue weighted by Crippen LogP contribution is 2.40. The molecule has 2 aliphatic heterocycles. The quantitative estimate of drug-likeness (QED) is 0.270. The van der Waals surface area contributed by atoms with E-state index in [9.17, 15) is 24.3 Å². The number of fused-ring (bicyclic) bond motifs is 3. The van der Waals surface area contributed by atoms with Gasteiger partial charge in [0.1, 0.15) is 12.1 Å². The molecular formula is C30H29Cl2N5O5S. The Bertz CT molecular complexity index is 1480. The number of carboxylic acids is 1. The first-order chi connectivity index (χ1) is 20.7. The first-order valence-corrected chi connectivity index (χ1v) is 15.5. The predicted octanol–water partition coefficient (Wildman–Crippen LogP) is 4.71. The van der Waals surface area contributed by atoms with E-state index < -0.39 is 29.9 Å². The fraction of sp³-hybridized carbons (Fsp3) is 0.333. The lowest BCUT2D eigenvalue weighted by molar-refractivity contribution is -0.153. The van der Waals surface area contributed by atoms with Gasteiger partial charge in [0.05, 0.1) is 21.4 Å². The van der Waals surface area contributed by atoms with Gasteiger partial charge >= 0.3 is 5.97 Å². The third kappa shape index (κ3) is 7.29. The SMILES string of the molecule is O=C(Nc1ccc(C[C@H](NC(=O)[C@@H]2C3CCC(CC3)N2C(=O)CSc2ccncc2)C(=O)O)cc1)c1c(Cl)cncc1Cl. The zero-order valence-corrected chi connectivity index (χ0v) is 25.2. The second-order valence-corrected chi connectivity index (χ2v) is 12.4. The Hall–Kier alpha value is -3.67. The molecule has 1 aliphatic carbocycles. The predicted molar refractivity (Wildman–Crippen MR) is 163 cm³/mol. The standard InChI is InChI=1S/C30H29Cl2N5O5S/c31-22-14-34-15-23(32)26(22)28(39)35-19-5-1-17(2-6-19)13-24(30(41)42)36-29(40)27-18-3-7-20(8-4-18)37(27)25(38)16-43-21-9-11-33-12-10-21/h1-2,5-6,9-12,14-15,18,20,24,27H,3-4,7-8,13,16H2,(H,35,39)(H,36,40)(H,41,42)/t18?,20?,24-,27-/m0/s1. The van der Waals surface area contributed by atoms with Crippen molar-refractivity contribution in [3.05, 3.63) is 82.4 Å². The molecule has 1 aromatic carbocycles. The van der Waals surface area contributed by atoms with Crippen LogP contribution in [0.1, 0.15) is 41.6 Å². The van der Waals surface area contributed by atoms with Crippen molar-refractivity contribution in [3.63, 3.8) is 0 Å². The number of piperidine rings is 2. The fourth-order valence-electron chi connectivity index (χ4n) is 5.74. The van der Waals surface area contributed by atoms with Crippen LogP contribution >= 0.6 is 35.0 Å². The van der Waals surface area contributed by atoms with E-state index >= 15 is 0 Å². The molecule has 2 aromatic heterocycles. The number of pyridine rings is 2. The summed E-state index contributed by atoms with van der Waals surface area (Å²) in [4.78, 5) is 62.3. The molecule has 0 unspecified atom stereocenters. The van der Waals surface area contributed by atoms with Crippen LogP contribution in [-0.2, 0) is 20.8 Å². The Morgan fingerprint density at radius 3 is 2.23 bits per heavy atom. The third-order valence-electron chi connectivity index (χ3n) is 7.80. The van der Waals surface area contributed by atoms with E-state index in [0.29, 0.717) is 11.3 Å². The van der Waals surface area contributed by atoms with E-state index in [1.165, 1.54) is 24.2 Å². The second-order valence-electron chi connectivity index (χ2n) is 10.5. The van der Waals surface area contributed by atoms with Gasteiger partial charge in [0.2, 0.25) is 11.8 Å². The highest BCUT2D eigenvalue weighted by atomic mass is 35.5. The van der Waals surface area contributed by atoms with Crippen molar-refractivity contribution >= 4 is 64.3 Å². The van der Waals surface area contributed by atoms with Crippen LogP contribution in [0.3, 0.4) is 0 Å². The van der Waals surface area contributed by atoms with Gasteiger partial charge in [0.25, 0.3) is 5.91 Å². The number of benzene rings is 1. The number of thioether (sulfide) groups is 1. The Balaban J connectivity index is 1.23. The molecule has 6 rings (SSSR count). The number of hydrogen-bond donors (Lipinski definition) is 3. The molecule has 0 radical (unpaired) electrons. The number of aliphatic carboxylic acids is 1. The van der Waals surface area contributed by atoms with Crippen molar-refractivity contribution < 1.29 is 24.3 Å². The minimum Gasteiger partial charge on any atom is -0.480 e. The Morgan fingerprint density at radius 1 is 0.953 bits per heavy atom. The van der Waals surface area contributed by atoms with Crippen LogP contribution in [0.25, 0.3) is 0 Å². The molecule has 224 valence electrons. The van der Waals surface area contributed by atoms with Gasteiger partial charge in [-0.2, -0.15) is 0 Å². The van der Waals surface area contributed by atoms with Crippen LogP contribution in [0.15, 0.2) is 66.1 Å². The van der Waals surface area contributed by atoms with E-state index in [0.717, 1.165) is 30.6 Å². The zero-order chi connectivity index (χ0) is 30.5. The smallest absolute Gasteiger partial charge is 0.326 e. The van der Waals surface area contributed by atoms with Crippen molar-refractivity contribution in [2.75, 3.05) is 11.1 Å². The second kappa shape index (κ2) is 13.7. The highest BCUT2D eigenvalue weighted by Gasteiger charge is 2.47. The van der Waals surface area contributed by atoms with Crippen LogP contribution < -0.4 is 10.6 Å². The topological polar surface area (TPSA) is 142 Å². The van der Waals surface area contributed by atoms with Crippen molar-refractivity contribution in [2.45, 2.75) is 55.1 Å². The van der Waals surface area contributed by atoms with Crippen LogP contribution in [0, 0.1) is 5.92 Å². The number of halogens is 2. The van der Waals surface area contributed by atoms with Gasteiger partial charge in [-0.1, -0.05) is 35.3 Å². The third-order valence-corrected chi connectivity index (χ3v) is 9.37. The summed E-state index contributed by atoms with van der Waals surface area (Å²) in [7, 11) is 0. The lowest BCUT2D eigenvalue weighted by Gasteiger charge is -2.50. The van der Waals surface area contributed by atoms with Gasteiger partial charge in [-0.25, -0.2) is 4.79 Å². The minimum absolute atomic E-state index is 0.0142. The van der Waals surface area contributed by atoms with E-state index in [1.54, 1.807) is 41.6 Å². The molecule has 1 saturated carbocycles. The number of hydrogen-bond acceptors (Lipinski definition) is 7. The number of amides is 3. The van der Waals surface area contributed by atoms with Crippen molar-refractivity contribution in [1.82, 2.24) is 20.2 Å². The van der Waals surface area contributed by atoms with Crippen LogP contribution in [0.4, 0.5) is 5.69 Å². The summed E-state index contributed by atoms with van der Waals surface area (Å²) in [6.07, 6.45) is 9.31. The Morgan fingerprint density at radius 2 is 1.60 bits per heavy atom. The lowest BCUT2D eigenvalue weighted by Crippen LogP contribution is -2.64. The average molecular weight is 643 g/mol. The normalized spacial score (nSPS) is 19.9. The van der Waals surface area contributed by atoms with E-state index in [1.807, 2.05) is 12.1 Å². The van der Waals surface area contributed by atoms with Crippen LogP contribution in [-0.4, -0.2) is 67.5 Å². The first-order valence-electron chi connectivity index (χ1n) is 13.8. The summed E-state index contributed by atoms with van der Waals surface area (Å²) in [6.45, 7) is 0. The van der Waals surface area contributed by atoms with Gasteiger partial charge in [-0.3, -0.25) is 24.4 Å². The lowest BCUT2D eigenvalue weighted by atomic mass is 9.74. The summed E-state index contributed by atoms with van der Waals surface area (Å²) in [5.74, 6) is -2.10. The maximum Gasteiger partial charge on any atom is 0.326 e. The number of rotatable bonds is 10. The molecule has 3 fully saturated rings. The number of anilines is 1. The largest absolute Gasteiger partial charge is 0.480 e. The number of carbonyl (C=O) groups excluding carboxylic acids is 3. The van der Waals surface area contributed by atoms with Gasteiger partial charge in [-0.05, 0) is 61.4 Å². The molecule has 3 aromatic rings. The molecule has 3 aliphatic rings. The maximum absolute atomic E-state index is 13.6. The molecule has 43 heavy (non-hydrogen) atoms. The maximum atomic E-state index is 13.6.